The number of benzene rings is 3. The summed E-state index contributed by atoms with van der Waals surface area (Å²) in [6.45, 7) is 1.63. The topological polar surface area (TPSA) is 60.7 Å². The number of hydrogen-bond acceptors (Lipinski definition) is 3. The Morgan fingerprint density at radius 2 is 1.48 bits per heavy atom. The second-order valence-electron chi connectivity index (χ2n) is 7.35. The summed E-state index contributed by atoms with van der Waals surface area (Å²) in [6.07, 6.45) is 1.82. The number of carbonyl (C=O) groups is 1. The molecule has 1 heterocycles. The van der Waals surface area contributed by atoms with Crippen molar-refractivity contribution < 1.29 is 19.4 Å². The molecule has 0 bridgehead atoms. The number of carboxylic acids is 1. The molecule has 6 heteroatoms. The number of halogens is 1. The molecule has 5 nitrogen and oxygen atoms in total. The molecule has 0 aliphatic heterocycles. The molecule has 0 spiro atoms. The lowest BCUT2D eigenvalue weighted by Gasteiger charge is -2.09. The molecule has 1 aromatic heterocycles. The van der Waals surface area contributed by atoms with Crippen LogP contribution in [0.4, 0.5) is 0 Å². The lowest BCUT2D eigenvalue weighted by molar-refractivity contribution is -0.137. The van der Waals surface area contributed by atoms with Gasteiger partial charge < -0.3 is 19.1 Å². The highest BCUT2D eigenvalue weighted by atomic mass is 35.5. The summed E-state index contributed by atoms with van der Waals surface area (Å²) >= 11 is 5.87. The standard InChI is InChI=1S/C25H24ClNO4/c26-18-7-9-19(10-8-18)30-15-3-4-16-31-20-11-12-22-21-5-1-2-6-23(21)27(24(22)17-20)14-13-25(28)29/h1-2,5-12,17H,3-4,13-16H2,(H,28,29). The molecule has 0 amide bonds. The van der Waals surface area contributed by atoms with Gasteiger partial charge in [-0.15, -0.1) is 0 Å². The first-order chi connectivity index (χ1) is 15.1. The number of unbranched alkanes of at least 4 members (excludes halogenated alkanes) is 1. The van der Waals surface area contributed by atoms with Gasteiger partial charge in [0, 0.05) is 33.9 Å². The molecular weight excluding hydrogens is 414 g/mol. The zero-order valence-electron chi connectivity index (χ0n) is 17.1. The van der Waals surface area contributed by atoms with Crippen molar-refractivity contribution in [2.24, 2.45) is 0 Å². The van der Waals surface area contributed by atoms with Crippen molar-refractivity contribution in [3.8, 4) is 11.5 Å². The van der Waals surface area contributed by atoms with Crippen LogP contribution >= 0.6 is 11.6 Å². The lowest BCUT2D eigenvalue weighted by atomic mass is 10.1. The molecule has 0 fully saturated rings. The lowest BCUT2D eigenvalue weighted by Crippen LogP contribution is -2.05. The third-order valence-corrected chi connectivity index (χ3v) is 5.44. The number of aliphatic carboxylic acids is 1. The van der Waals surface area contributed by atoms with Crippen LogP contribution in [-0.4, -0.2) is 28.9 Å². The van der Waals surface area contributed by atoms with Crippen LogP contribution in [0.2, 0.25) is 5.02 Å². The predicted molar refractivity (Wildman–Crippen MR) is 123 cm³/mol. The Hall–Kier alpha value is -3.18. The Bertz CT molecular complexity index is 1180. The second-order valence-corrected chi connectivity index (χ2v) is 7.79. The fourth-order valence-corrected chi connectivity index (χ4v) is 3.81. The van der Waals surface area contributed by atoms with Crippen LogP contribution < -0.4 is 9.47 Å². The van der Waals surface area contributed by atoms with Crippen molar-refractivity contribution in [3.63, 3.8) is 0 Å². The van der Waals surface area contributed by atoms with E-state index in [4.69, 9.17) is 26.2 Å². The number of hydrogen-bond donors (Lipinski definition) is 1. The van der Waals surface area contributed by atoms with E-state index in [2.05, 4.69) is 10.6 Å². The van der Waals surface area contributed by atoms with E-state index in [-0.39, 0.29) is 6.42 Å². The minimum atomic E-state index is -0.806. The molecule has 0 aliphatic rings. The van der Waals surface area contributed by atoms with E-state index in [0.717, 1.165) is 46.1 Å². The van der Waals surface area contributed by atoms with E-state index < -0.39 is 5.97 Å². The number of para-hydroxylation sites is 1. The average molecular weight is 438 g/mol. The first kappa shape index (κ1) is 21.1. The maximum Gasteiger partial charge on any atom is 0.305 e. The van der Waals surface area contributed by atoms with Crippen molar-refractivity contribution in [3.05, 3.63) is 71.8 Å². The zero-order valence-corrected chi connectivity index (χ0v) is 17.8. The summed E-state index contributed by atoms with van der Waals surface area (Å²) in [5.41, 5.74) is 2.03. The van der Waals surface area contributed by atoms with Gasteiger partial charge in [-0.1, -0.05) is 29.8 Å². The van der Waals surface area contributed by atoms with Gasteiger partial charge in [-0.25, -0.2) is 0 Å². The summed E-state index contributed by atoms with van der Waals surface area (Å²) in [5.74, 6) is 0.787. The molecular formula is C25H24ClNO4. The summed E-state index contributed by atoms with van der Waals surface area (Å²) in [6, 6.07) is 21.4. The van der Waals surface area contributed by atoms with Crippen LogP contribution in [-0.2, 0) is 11.3 Å². The van der Waals surface area contributed by atoms with Gasteiger partial charge in [0.2, 0.25) is 0 Å². The molecule has 4 aromatic rings. The number of nitrogens with zero attached hydrogens (tertiary/aromatic N) is 1. The van der Waals surface area contributed by atoms with Crippen molar-refractivity contribution in [1.29, 1.82) is 0 Å². The third-order valence-electron chi connectivity index (χ3n) is 5.18. The Kier molecular flexibility index (Phi) is 6.63. The van der Waals surface area contributed by atoms with Gasteiger partial charge in [0.05, 0.1) is 25.2 Å². The number of carboxylic acid groups (broad SMARTS) is 1. The molecule has 0 unspecified atom stereocenters. The fraction of sp³-hybridized carbons (Fsp3) is 0.240. The number of fused-ring (bicyclic) bond motifs is 3. The van der Waals surface area contributed by atoms with Crippen LogP contribution in [0.25, 0.3) is 21.8 Å². The molecule has 0 aliphatic carbocycles. The predicted octanol–water partition coefficient (Wildman–Crippen LogP) is 6.16. The molecule has 31 heavy (non-hydrogen) atoms. The normalized spacial score (nSPS) is 11.1. The molecule has 0 saturated heterocycles. The molecule has 0 atom stereocenters. The maximum atomic E-state index is 11.1. The van der Waals surface area contributed by atoms with Crippen molar-refractivity contribution in [2.75, 3.05) is 13.2 Å². The molecule has 1 N–H and O–H groups in total. The van der Waals surface area contributed by atoms with Crippen LogP contribution in [0.15, 0.2) is 66.7 Å². The average Bonchev–Trinajstić information content (AvgIpc) is 3.09. The maximum absolute atomic E-state index is 11.1. The first-order valence-corrected chi connectivity index (χ1v) is 10.7. The minimum absolute atomic E-state index is 0.0759. The van der Waals surface area contributed by atoms with E-state index in [9.17, 15) is 4.79 Å². The third kappa shape index (κ3) is 5.12. The Morgan fingerprint density at radius 3 is 2.23 bits per heavy atom. The fourth-order valence-electron chi connectivity index (χ4n) is 3.68. The molecule has 160 valence electrons. The quantitative estimate of drug-likeness (QED) is 0.302. The summed E-state index contributed by atoms with van der Waals surface area (Å²) in [5, 5.41) is 12.0. The van der Waals surface area contributed by atoms with Crippen molar-refractivity contribution in [1.82, 2.24) is 4.57 Å². The van der Waals surface area contributed by atoms with Gasteiger partial charge in [0.15, 0.2) is 0 Å². The number of ether oxygens (including phenoxy) is 2. The Labute approximate surface area is 185 Å². The van der Waals surface area contributed by atoms with Crippen molar-refractivity contribution >= 4 is 39.4 Å². The summed E-state index contributed by atoms with van der Waals surface area (Å²) in [7, 11) is 0. The van der Waals surface area contributed by atoms with E-state index in [1.165, 1.54) is 0 Å². The van der Waals surface area contributed by atoms with Crippen LogP contribution in [0, 0.1) is 0 Å². The van der Waals surface area contributed by atoms with Gasteiger partial charge in [-0.2, -0.15) is 0 Å². The number of aromatic nitrogens is 1. The SMILES string of the molecule is O=C(O)CCn1c2ccccc2c2ccc(OCCCCOc3ccc(Cl)cc3)cc21. The van der Waals surface area contributed by atoms with E-state index in [1.807, 2.05) is 60.7 Å². The van der Waals surface area contributed by atoms with E-state index >= 15 is 0 Å². The highest BCUT2D eigenvalue weighted by Gasteiger charge is 2.12. The van der Waals surface area contributed by atoms with Crippen LogP contribution in [0.3, 0.4) is 0 Å². The smallest absolute Gasteiger partial charge is 0.305 e. The van der Waals surface area contributed by atoms with Gasteiger partial charge in [0.1, 0.15) is 11.5 Å². The number of aryl methyl sites for hydroxylation is 1. The number of rotatable bonds is 10. The molecule has 0 saturated carbocycles. The monoisotopic (exact) mass is 437 g/mol. The molecule has 3 aromatic carbocycles. The molecule has 0 radical (unpaired) electrons. The summed E-state index contributed by atoms with van der Waals surface area (Å²) in [4.78, 5) is 11.1. The molecule has 4 rings (SSSR count). The first-order valence-electron chi connectivity index (χ1n) is 10.4. The highest BCUT2D eigenvalue weighted by Crippen LogP contribution is 2.31. The van der Waals surface area contributed by atoms with E-state index in [1.54, 1.807) is 0 Å². The van der Waals surface area contributed by atoms with Crippen LogP contribution in [0.5, 0.6) is 11.5 Å². The second kappa shape index (κ2) is 9.75. The van der Waals surface area contributed by atoms with Gasteiger partial charge in [0.25, 0.3) is 0 Å². The minimum Gasteiger partial charge on any atom is -0.494 e. The Balaban J connectivity index is 1.38. The largest absolute Gasteiger partial charge is 0.494 e. The zero-order chi connectivity index (χ0) is 21.6. The van der Waals surface area contributed by atoms with Gasteiger partial charge in [-0.05, 0) is 55.3 Å². The van der Waals surface area contributed by atoms with Crippen LogP contribution in [0.1, 0.15) is 19.3 Å². The highest BCUT2D eigenvalue weighted by molar-refractivity contribution is 6.30. The van der Waals surface area contributed by atoms with E-state index in [0.29, 0.717) is 24.8 Å². The van der Waals surface area contributed by atoms with Gasteiger partial charge >= 0.3 is 5.97 Å². The Morgan fingerprint density at radius 1 is 0.839 bits per heavy atom. The van der Waals surface area contributed by atoms with Gasteiger partial charge in [-0.3, -0.25) is 4.79 Å². The van der Waals surface area contributed by atoms with Crippen molar-refractivity contribution in [2.45, 2.75) is 25.8 Å². The summed E-state index contributed by atoms with van der Waals surface area (Å²) < 4.78 is 13.7.